The van der Waals surface area contributed by atoms with Crippen molar-refractivity contribution in [2.75, 3.05) is 20.5 Å². The second-order valence-corrected chi connectivity index (χ2v) is 6.15. The zero-order chi connectivity index (χ0) is 15.5. The molecule has 0 aromatic heterocycles. The maximum absolute atomic E-state index is 12.0. The Balaban J connectivity index is 2.63. The molecule has 1 aliphatic rings. The summed E-state index contributed by atoms with van der Waals surface area (Å²) < 4.78 is 10.8. The molecule has 0 amide bonds. The first-order chi connectivity index (χ1) is 10.1. The van der Waals surface area contributed by atoms with Crippen LogP contribution in [-0.4, -0.2) is 31.6 Å². The van der Waals surface area contributed by atoms with Crippen molar-refractivity contribution < 1.29 is 19.4 Å². The second kappa shape index (κ2) is 6.60. The van der Waals surface area contributed by atoms with E-state index in [2.05, 4.69) is 0 Å². The van der Waals surface area contributed by atoms with E-state index < -0.39 is 11.4 Å². The lowest BCUT2D eigenvalue weighted by Gasteiger charge is -2.35. The minimum Gasteiger partial charge on any atom is -0.493 e. The second-order valence-electron chi connectivity index (χ2n) is 5.33. The van der Waals surface area contributed by atoms with Crippen molar-refractivity contribution in [2.45, 2.75) is 42.4 Å². The molecule has 1 N–H and O–H groups in total. The van der Waals surface area contributed by atoms with Crippen LogP contribution in [0.25, 0.3) is 0 Å². The highest BCUT2D eigenvalue weighted by atomic mass is 32.2. The molecule has 0 unspecified atom stereocenters. The third-order valence-corrected chi connectivity index (χ3v) is 5.15. The third kappa shape index (κ3) is 2.71. The summed E-state index contributed by atoms with van der Waals surface area (Å²) in [5.74, 6) is 0.542. The molecule has 0 bridgehead atoms. The van der Waals surface area contributed by atoms with Crippen LogP contribution in [0, 0.1) is 0 Å². The fourth-order valence-electron chi connectivity index (χ4n) is 3.23. The van der Waals surface area contributed by atoms with Gasteiger partial charge in [0.2, 0.25) is 0 Å². The Hall–Kier alpha value is -1.36. The Morgan fingerprint density at radius 3 is 2.33 bits per heavy atom. The zero-order valence-corrected chi connectivity index (χ0v) is 13.6. The van der Waals surface area contributed by atoms with E-state index in [1.807, 2.05) is 18.4 Å². The number of benzene rings is 1. The van der Waals surface area contributed by atoms with Gasteiger partial charge in [-0.15, -0.1) is 11.8 Å². The van der Waals surface area contributed by atoms with Gasteiger partial charge >= 0.3 is 5.97 Å². The van der Waals surface area contributed by atoms with Crippen LogP contribution in [0.5, 0.6) is 11.5 Å². The number of methoxy groups -OCH3 is 2. The highest BCUT2D eigenvalue weighted by Crippen LogP contribution is 2.48. The predicted molar refractivity (Wildman–Crippen MR) is 83.7 cm³/mol. The van der Waals surface area contributed by atoms with Crippen LogP contribution in [0.3, 0.4) is 0 Å². The topological polar surface area (TPSA) is 55.8 Å². The van der Waals surface area contributed by atoms with E-state index in [0.29, 0.717) is 24.3 Å². The molecule has 1 aromatic carbocycles. The predicted octanol–water partition coefficient (Wildman–Crippen LogP) is 3.71. The van der Waals surface area contributed by atoms with E-state index in [9.17, 15) is 9.90 Å². The van der Waals surface area contributed by atoms with E-state index in [1.165, 1.54) is 11.8 Å². The third-order valence-electron chi connectivity index (χ3n) is 4.34. The molecule has 0 atom stereocenters. The number of aliphatic carboxylic acids is 1. The SMILES string of the molecule is COc1ccc(C2(C(=O)O)CCCCC2)c(SC)c1OC. The summed E-state index contributed by atoms with van der Waals surface area (Å²) in [6, 6.07) is 3.71. The van der Waals surface area contributed by atoms with Gasteiger partial charge < -0.3 is 14.6 Å². The standard InChI is InChI=1S/C16H22O4S/c1-19-12-8-7-11(14(21-3)13(12)20-2)16(15(17)18)9-5-4-6-10-16/h7-8H,4-6,9-10H2,1-3H3,(H,17,18). The first-order valence-corrected chi connectivity index (χ1v) is 8.36. The molecule has 21 heavy (non-hydrogen) atoms. The number of carbonyl (C=O) groups is 1. The summed E-state index contributed by atoms with van der Waals surface area (Å²) in [7, 11) is 3.19. The number of carboxylic acids is 1. The molecular formula is C16H22O4S. The van der Waals surface area contributed by atoms with Crippen molar-refractivity contribution in [3.63, 3.8) is 0 Å². The molecule has 4 nitrogen and oxygen atoms in total. The summed E-state index contributed by atoms with van der Waals surface area (Å²) in [4.78, 5) is 12.9. The number of thioether (sulfide) groups is 1. The van der Waals surface area contributed by atoms with Gasteiger partial charge in [0, 0.05) is 0 Å². The van der Waals surface area contributed by atoms with E-state index in [0.717, 1.165) is 29.7 Å². The summed E-state index contributed by atoms with van der Waals surface area (Å²) >= 11 is 1.52. The van der Waals surface area contributed by atoms with Crippen LogP contribution >= 0.6 is 11.8 Å². The zero-order valence-electron chi connectivity index (χ0n) is 12.8. The van der Waals surface area contributed by atoms with Crippen molar-refractivity contribution >= 4 is 17.7 Å². The van der Waals surface area contributed by atoms with Gasteiger partial charge in [-0.3, -0.25) is 4.79 Å². The molecule has 0 saturated heterocycles. The Morgan fingerprint density at radius 2 is 1.86 bits per heavy atom. The quantitative estimate of drug-likeness (QED) is 0.840. The minimum absolute atomic E-state index is 0.633. The molecule has 0 heterocycles. The molecule has 1 saturated carbocycles. The molecule has 0 spiro atoms. The lowest BCUT2D eigenvalue weighted by atomic mass is 9.69. The van der Waals surface area contributed by atoms with Crippen LogP contribution in [0.1, 0.15) is 37.7 Å². The average Bonchev–Trinajstić information content (AvgIpc) is 2.53. The van der Waals surface area contributed by atoms with Gasteiger partial charge in [0.05, 0.1) is 24.5 Å². The monoisotopic (exact) mass is 310 g/mol. The van der Waals surface area contributed by atoms with Crippen LogP contribution in [0.15, 0.2) is 17.0 Å². The summed E-state index contributed by atoms with van der Waals surface area (Å²) in [6.45, 7) is 0. The minimum atomic E-state index is -0.795. The van der Waals surface area contributed by atoms with Gasteiger partial charge in [-0.2, -0.15) is 0 Å². The summed E-state index contributed by atoms with van der Waals surface area (Å²) in [6.07, 6.45) is 6.33. The van der Waals surface area contributed by atoms with Gasteiger partial charge in [0.25, 0.3) is 0 Å². The molecule has 0 radical (unpaired) electrons. The molecule has 1 aliphatic carbocycles. The Morgan fingerprint density at radius 1 is 1.19 bits per heavy atom. The van der Waals surface area contributed by atoms with Crippen LogP contribution in [-0.2, 0) is 10.2 Å². The number of carboxylic acid groups (broad SMARTS) is 1. The van der Waals surface area contributed by atoms with E-state index >= 15 is 0 Å². The number of hydrogen-bond donors (Lipinski definition) is 1. The molecule has 116 valence electrons. The van der Waals surface area contributed by atoms with Crippen LogP contribution < -0.4 is 9.47 Å². The van der Waals surface area contributed by atoms with Gasteiger partial charge in [0.1, 0.15) is 0 Å². The van der Waals surface area contributed by atoms with Crippen LogP contribution in [0.4, 0.5) is 0 Å². The largest absolute Gasteiger partial charge is 0.493 e. The fourth-order valence-corrected chi connectivity index (χ4v) is 4.08. The van der Waals surface area contributed by atoms with Gasteiger partial charge in [-0.05, 0) is 30.7 Å². The van der Waals surface area contributed by atoms with Crippen molar-refractivity contribution in [3.8, 4) is 11.5 Å². The molecule has 1 fully saturated rings. The summed E-state index contributed by atoms with van der Waals surface area (Å²) in [5.41, 5.74) is 0.0655. The van der Waals surface area contributed by atoms with Crippen molar-refractivity contribution in [3.05, 3.63) is 17.7 Å². The number of rotatable bonds is 5. The maximum Gasteiger partial charge on any atom is 0.314 e. The first kappa shape index (κ1) is 16.0. The smallest absolute Gasteiger partial charge is 0.314 e. The lowest BCUT2D eigenvalue weighted by molar-refractivity contribution is -0.145. The van der Waals surface area contributed by atoms with Gasteiger partial charge in [-0.25, -0.2) is 0 Å². The van der Waals surface area contributed by atoms with Crippen molar-refractivity contribution in [2.24, 2.45) is 0 Å². The first-order valence-electron chi connectivity index (χ1n) is 7.13. The molecular weight excluding hydrogens is 288 g/mol. The van der Waals surface area contributed by atoms with Gasteiger partial charge in [-0.1, -0.05) is 25.3 Å². The van der Waals surface area contributed by atoms with Crippen LogP contribution in [0.2, 0.25) is 0 Å². The highest BCUT2D eigenvalue weighted by molar-refractivity contribution is 7.98. The number of ether oxygens (including phenoxy) is 2. The van der Waals surface area contributed by atoms with E-state index in [-0.39, 0.29) is 0 Å². The lowest BCUT2D eigenvalue weighted by Crippen LogP contribution is -2.38. The fraction of sp³-hybridized carbons (Fsp3) is 0.562. The molecule has 2 rings (SSSR count). The summed E-state index contributed by atoms with van der Waals surface area (Å²) in [5, 5.41) is 9.87. The maximum atomic E-state index is 12.0. The van der Waals surface area contributed by atoms with E-state index in [1.54, 1.807) is 14.2 Å². The van der Waals surface area contributed by atoms with Crippen molar-refractivity contribution in [1.29, 1.82) is 0 Å². The molecule has 0 aliphatic heterocycles. The van der Waals surface area contributed by atoms with Gasteiger partial charge in [0.15, 0.2) is 11.5 Å². The average molecular weight is 310 g/mol. The molecule has 1 aromatic rings. The Kier molecular flexibility index (Phi) is 5.04. The highest BCUT2D eigenvalue weighted by Gasteiger charge is 2.43. The Bertz CT molecular complexity index is 521. The normalized spacial score (nSPS) is 17.3. The number of hydrogen-bond acceptors (Lipinski definition) is 4. The Labute approximate surface area is 129 Å². The van der Waals surface area contributed by atoms with Crippen molar-refractivity contribution in [1.82, 2.24) is 0 Å². The molecule has 5 heteroatoms. The van der Waals surface area contributed by atoms with E-state index in [4.69, 9.17) is 9.47 Å².